The number of rotatable bonds is 6. The average Bonchev–Trinajstić information content (AvgIpc) is 2.39. The summed E-state index contributed by atoms with van der Waals surface area (Å²) in [7, 11) is 2.83. The average molecular weight is 269 g/mol. The predicted octanol–water partition coefficient (Wildman–Crippen LogP) is 2.19. The fourth-order valence-electron chi connectivity index (χ4n) is 1.16. The number of oxime groups is 1. The van der Waals surface area contributed by atoms with Gasteiger partial charge < -0.3 is 4.84 Å². The first kappa shape index (κ1) is 14.2. The smallest absolute Gasteiger partial charge is 0.196 e. The first-order valence-corrected chi connectivity index (χ1v) is 5.42. The highest BCUT2D eigenvalue weighted by molar-refractivity contribution is 6.30. The zero-order valence-electron chi connectivity index (χ0n) is 10.0. The molecule has 1 aromatic carbocycles. The van der Waals surface area contributed by atoms with Gasteiger partial charge in [-0.2, -0.15) is 0 Å². The van der Waals surface area contributed by atoms with Gasteiger partial charge in [0.15, 0.2) is 5.78 Å². The molecular weight excluding hydrogens is 256 g/mol. The second-order valence-corrected chi connectivity index (χ2v) is 3.61. The molecule has 96 valence electrons. The lowest BCUT2D eigenvalue weighted by molar-refractivity contribution is 0.102. The van der Waals surface area contributed by atoms with Gasteiger partial charge in [0.2, 0.25) is 0 Å². The summed E-state index contributed by atoms with van der Waals surface area (Å²) in [5.74, 6) is -0.225. The van der Waals surface area contributed by atoms with Gasteiger partial charge in [0.25, 0.3) is 0 Å². The van der Waals surface area contributed by atoms with E-state index in [0.717, 1.165) is 0 Å². The lowest BCUT2D eigenvalue weighted by Crippen LogP contribution is -2.11. The molecule has 0 aliphatic rings. The quantitative estimate of drug-likeness (QED) is 0.372. The van der Waals surface area contributed by atoms with Crippen LogP contribution < -0.4 is 5.48 Å². The van der Waals surface area contributed by atoms with Crippen LogP contribution in [0.1, 0.15) is 10.4 Å². The molecule has 0 aliphatic carbocycles. The summed E-state index contributed by atoms with van der Waals surface area (Å²) in [6.07, 6.45) is 2.68. The maximum Gasteiger partial charge on any atom is 0.196 e. The van der Waals surface area contributed by atoms with Crippen LogP contribution in [0.4, 0.5) is 0 Å². The van der Waals surface area contributed by atoms with Crippen molar-refractivity contribution in [2.45, 2.75) is 0 Å². The van der Waals surface area contributed by atoms with E-state index in [1.807, 2.05) is 0 Å². The molecule has 0 heterocycles. The van der Waals surface area contributed by atoms with Crippen molar-refractivity contribution in [3.05, 3.63) is 46.6 Å². The van der Waals surface area contributed by atoms with Gasteiger partial charge >= 0.3 is 0 Å². The third-order valence-corrected chi connectivity index (χ3v) is 2.25. The second-order valence-electron chi connectivity index (χ2n) is 3.17. The highest BCUT2D eigenvalue weighted by Crippen LogP contribution is 2.12. The van der Waals surface area contributed by atoms with Crippen LogP contribution >= 0.6 is 11.6 Å². The van der Waals surface area contributed by atoms with Gasteiger partial charge in [0.05, 0.1) is 18.9 Å². The largest absolute Gasteiger partial charge is 0.399 e. The summed E-state index contributed by atoms with van der Waals surface area (Å²) < 4.78 is 0. The second kappa shape index (κ2) is 7.47. The number of nitrogens with zero attached hydrogens (tertiary/aromatic N) is 1. The fraction of sp³-hybridized carbons (Fsp3) is 0.167. The van der Waals surface area contributed by atoms with E-state index < -0.39 is 0 Å². The van der Waals surface area contributed by atoms with Gasteiger partial charge in [0, 0.05) is 16.8 Å². The van der Waals surface area contributed by atoms with Crippen molar-refractivity contribution in [3.8, 4) is 0 Å². The van der Waals surface area contributed by atoms with Gasteiger partial charge in [-0.3, -0.25) is 15.1 Å². The van der Waals surface area contributed by atoms with Crippen molar-refractivity contribution in [2.75, 3.05) is 14.2 Å². The van der Waals surface area contributed by atoms with E-state index in [2.05, 4.69) is 20.3 Å². The molecule has 0 atom stereocenters. The molecular formula is C12H13ClN2O3. The number of Topliss-reactive ketones (excluding diaryl/α,β-unsaturated/α-hetero) is 1. The van der Waals surface area contributed by atoms with Gasteiger partial charge in [0.1, 0.15) is 7.11 Å². The Morgan fingerprint density at radius 3 is 2.56 bits per heavy atom. The molecule has 0 amide bonds. The SMILES string of the molecule is CO/N=C/C(=C\NOC)C(=O)c1ccc(Cl)cc1. The summed E-state index contributed by atoms with van der Waals surface area (Å²) in [5, 5.41) is 4.12. The molecule has 1 aromatic rings. The number of hydroxylamine groups is 1. The molecule has 1 N–H and O–H groups in total. The molecule has 0 aromatic heterocycles. The number of ketones is 1. The van der Waals surface area contributed by atoms with Crippen molar-refractivity contribution in [1.82, 2.24) is 5.48 Å². The van der Waals surface area contributed by atoms with Gasteiger partial charge in [-0.25, -0.2) is 0 Å². The normalized spacial score (nSPS) is 11.6. The number of halogens is 1. The first-order valence-electron chi connectivity index (χ1n) is 5.04. The Kier molecular flexibility index (Phi) is 5.90. The molecule has 5 nitrogen and oxygen atoms in total. The molecule has 1 rings (SSSR count). The number of allylic oxidation sites excluding steroid dienone is 1. The molecule has 0 fully saturated rings. The van der Waals surface area contributed by atoms with Gasteiger partial charge in [-0.15, -0.1) is 0 Å². The summed E-state index contributed by atoms with van der Waals surface area (Å²) >= 11 is 5.76. The van der Waals surface area contributed by atoms with Crippen molar-refractivity contribution in [3.63, 3.8) is 0 Å². The molecule has 18 heavy (non-hydrogen) atoms. The first-order chi connectivity index (χ1) is 8.69. The molecule has 0 saturated heterocycles. The lowest BCUT2D eigenvalue weighted by atomic mass is 10.1. The molecule has 0 saturated carbocycles. The Hall–Kier alpha value is -1.85. The van der Waals surface area contributed by atoms with E-state index in [9.17, 15) is 4.79 Å². The monoisotopic (exact) mass is 268 g/mol. The molecule has 0 unspecified atom stereocenters. The van der Waals surface area contributed by atoms with Crippen LogP contribution in [0, 0.1) is 0 Å². The minimum Gasteiger partial charge on any atom is -0.399 e. The number of carbonyl (C=O) groups excluding carboxylic acids is 1. The van der Waals surface area contributed by atoms with Crippen molar-refractivity contribution < 1.29 is 14.5 Å². The van der Waals surface area contributed by atoms with Crippen LogP contribution in [0.25, 0.3) is 0 Å². The highest BCUT2D eigenvalue weighted by Gasteiger charge is 2.10. The number of hydrogen-bond donors (Lipinski definition) is 1. The van der Waals surface area contributed by atoms with Crippen molar-refractivity contribution in [1.29, 1.82) is 0 Å². The molecule has 0 spiro atoms. The van der Waals surface area contributed by atoms with E-state index >= 15 is 0 Å². The third-order valence-electron chi connectivity index (χ3n) is 2.00. The van der Waals surface area contributed by atoms with E-state index in [0.29, 0.717) is 16.2 Å². The topological polar surface area (TPSA) is 59.9 Å². The van der Waals surface area contributed by atoms with E-state index in [-0.39, 0.29) is 5.78 Å². The van der Waals surface area contributed by atoms with E-state index in [1.165, 1.54) is 26.6 Å². The van der Waals surface area contributed by atoms with Gasteiger partial charge in [-0.05, 0) is 24.3 Å². The summed E-state index contributed by atoms with van der Waals surface area (Å²) in [6, 6.07) is 6.55. The molecule has 0 bridgehead atoms. The van der Waals surface area contributed by atoms with E-state index in [1.54, 1.807) is 24.3 Å². The number of benzene rings is 1. The highest BCUT2D eigenvalue weighted by atomic mass is 35.5. The Labute approximate surface area is 110 Å². The van der Waals surface area contributed by atoms with Crippen molar-refractivity contribution >= 4 is 23.6 Å². The Morgan fingerprint density at radius 2 is 2.00 bits per heavy atom. The Morgan fingerprint density at radius 1 is 1.33 bits per heavy atom. The lowest BCUT2D eigenvalue weighted by Gasteiger charge is -2.02. The molecule has 6 heteroatoms. The minimum absolute atomic E-state index is 0.225. The summed E-state index contributed by atoms with van der Waals surface area (Å²) in [6.45, 7) is 0. The van der Waals surface area contributed by atoms with Crippen LogP contribution in [0.3, 0.4) is 0 Å². The minimum atomic E-state index is -0.225. The third kappa shape index (κ3) is 4.20. The van der Waals surface area contributed by atoms with Crippen LogP contribution in [-0.4, -0.2) is 26.2 Å². The molecule has 0 radical (unpaired) electrons. The van der Waals surface area contributed by atoms with Crippen LogP contribution in [0.5, 0.6) is 0 Å². The zero-order valence-corrected chi connectivity index (χ0v) is 10.8. The number of carbonyl (C=O) groups is 1. The zero-order chi connectivity index (χ0) is 13.4. The summed E-state index contributed by atoms with van der Waals surface area (Å²) in [5.41, 5.74) is 3.25. The fourth-order valence-corrected chi connectivity index (χ4v) is 1.29. The van der Waals surface area contributed by atoms with Crippen LogP contribution in [0.2, 0.25) is 5.02 Å². The van der Waals surface area contributed by atoms with Crippen LogP contribution in [-0.2, 0) is 9.68 Å². The number of nitrogens with one attached hydrogen (secondary N) is 1. The Bertz CT molecular complexity index is 455. The predicted molar refractivity (Wildman–Crippen MR) is 69.5 cm³/mol. The summed E-state index contributed by atoms with van der Waals surface area (Å²) in [4.78, 5) is 21.3. The maximum absolute atomic E-state index is 12.1. The number of hydrogen-bond acceptors (Lipinski definition) is 5. The molecule has 0 aliphatic heterocycles. The standard InChI is InChI=1S/C12H13ClN2O3/c1-17-14-7-10(8-15-18-2)12(16)9-3-5-11(13)6-4-9/h3-8,14H,1-2H3/b10-7+,15-8+. The maximum atomic E-state index is 12.1. The van der Waals surface area contributed by atoms with Crippen LogP contribution in [0.15, 0.2) is 41.2 Å². The Balaban J connectivity index is 2.94. The van der Waals surface area contributed by atoms with E-state index in [4.69, 9.17) is 11.6 Å². The van der Waals surface area contributed by atoms with Gasteiger partial charge in [-0.1, -0.05) is 16.8 Å². The van der Waals surface area contributed by atoms with Crippen molar-refractivity contribution in [2.24, 2.45) is 5.16 Å².